The fourth-order valence-corrected chi connectivity index (χ4v) is 4.00. The average Bonchev–Trinajstić information content (AvgIpc) is 2.83. The summed E-state index contributed by atoms with van der Waals surface area (Å²) in [6.45, 7) is 1.67. The number of nitrogens with zero attached hydrogens (tertiary/aromatic N) is 2. The summed E-state index contributed by atoms with van der Waals surface area (Å²) in [6, 6.07) is 4.81. The largest absolute Gasteiger partial charge is 0.416 e. The Kier molecular flexibility index (Phi) is 9.00. The Hall–Kier alpha value is -3.23. The Labute approximate surface area is 213 Å². The second-order valence-electron chi connectivity index (χ2n) is 8.48. The van der Waals surface area contributed by atoms with Gasteiger partial charge >= 0.3 is 18.4 Å². The van der Waals surface area contributed by atoms with Crippen molar-refractivity contribution >= 4 is 11.9 Å². The fourth-order valence-electron chi connectivity index (χ4n) is 4.00. The maximum atomic E-state index is 13.6. The molecule has 2 aromatic carbocycles. The minimum absolute atomic E-state index is 0.0286. The van der Waals surface area contributed by atoms with Gasteiger partial charge in [-0.1, -0.05) is 12.1 Å². The second-order valence-corrected chi connectivity index (χ2v) is 8.48. The van der Waals surface area contributed by atoms with Gasteiger partial charge in [0.15, 0.2) is 6.29 Å². The normalized spacial score (nSPS) is 20.3. The average molecular weight is 550 g/mol. The molecule has 3 rings (SSSR count). The molecular weight excluding hydrogens is 525 g/mol. The van der Waals surface area contributed by atoms with E-state index in [0.29, 0.717) is 17.7 Å². The van der Waals surface area contributed by atoms with Crippen LogP contribution in [0, 0.1) is 5.82 Å². The number of primary amides is 1. The fraction of sp³-hybridized carbons (Fsp3) is 0.417. The summed E-state index contributed by atoms with van der Waals surface area (Å²) in [5.74, 6) is -0.344. The second kappa shape index (κ2) is 11.7. The molecule has 1 fully saturated rings. The van der Waals surface area contributed by atoms with Gasteiger partial charge in [-0.25, -0.2) is 9.18 Å². The zero-order valence-electron chi connectivity index (χ0n) is 20.2. The number of morpholine rings is 1. The smallest absolute Gasteiger partial charge is 0.351 e. The van der Waals surface area contributed by atoms with E-state index in [1.54, 1.807) is 4.90 Å². The number of nitrogens with one attached hydrogen (secondary N) is 1. The number of hydrogen-bond donors (Lipinski definition) is 2. The van der Waals surface area contributed by atoms with Crippen LogP contribution < -0.4 is 11.1 Å². The Morgan fingerprint density at radius 2 is 1.71 bits per heavy atom. The lowest BCUT2D eigenvalue weighted by molar-refractivity contribution is -0.227. The topological polar surface area (TPSA) is 89.2 Å². The third-order valence-corrected chi connectivity index (χ3v) is 5.83. The summed E-state index contributed by atoms with van der Waals surface area (Å²) < 4.78 is 105. The van der Waals surface area contributed by atoms with E-state index in [4.69, 9.17) is 15.2 Å². The van der Waals surface area contributed by atoms with Gasteiger partial charge < -0.3 is 15.2 Å². The molecule has 0 aromatic heterocycles. The highest BCUT2D eigenvalue weighted by Crippen LogP contribution is 2.39. The first-order chi connectivity index (χ1) is 17.7. The van der Waals surface area contributed by atoms with Crippen molar-refractivity contribution in [2.75, 3.05) is 26.7 Å². The van der Waals surface area contributed by atoms with Gasteiger partial charge in [0.2, 0.25) is 0 Å². The van der Waals surface area contributed by atoms with Crippen molar-refractivity contribution in [3.63, 3.8) is 0 Å². The number of hydrogen-bond acceptors (Lipinski definition) is 5. The third-order valence-electron chi connectivity index (χ3n) is 5.83. The van der Waals surface area contributed by atoms with E-state index < -0.39 is 53.8 Å². The van der Waals surface area contributed by atoms with E-state index in [9.17, 15) is 35.5 Å². The summed E-state index contributed by atoms with van der Waals surface area (Å²) in [4.78, 5) is 17.0. The number of urea groups is 1. The van der Waals surface area contributed by atoms with Crippen LogP contribution in [0.4, 0.5) is 35.5 Å². The van der Waals surface area contributed by atoms with Gasteiger partial charge in [0.1, 0.15) is 11.7 Å². The first-order valence-corrected chi connectivity index (χ1v) is 11.3. The minimum atomic E-state index is -5.02. The van der Waals surface area contributed by atoms with Crippen molar-refractivity contribution in [1.82, 2.24) is 10.2 Å². The summed E-state index contributed by atoms with van der Waals surface area (Å²) in [5, 5.41) is 2.37. The van der Waals surface area contributed by atoms with Crippen molar-refractivity contribution in [2.24, 2.45) is 10.7 Å². The molecular formula is C24H25F7N4O3. The molecule has 0 saturated carbocycles. The summed E-state index contributed by atoms with van der Waals surface area (Å²) in [6.07, 6.45) is -12.5. The third kappa shape index (κ3) is 7.42. The van der Waals surface area contributed by atoms with Crippen LogP contribution in [-0.4, -0.2) is 49.8 Å². The van der Waals surface area contributed by atoms with Crippen LogP contribution in [-0.2, 0) is 21.8 Å². The molecule has 0 bridgehead atoms. The molecule has 1 aliphatic rings. The lowest BCUT2D eigenvalue weighted by Crippen LogP contribution is -2.51. The van der Waals surface area contributed by atoms with Gasteiger partial charge in [0, 0.05) is 13.6 Å². The van der Waals surface area contributed by atoms with Crippen LogP contribution in [0.3, 0.4) is 0 Å². The van der Waals surface area contributed by atoms with Crippen LogP contribution in [0.15, 0.2) is 47.5 Å². The molecule has 1 heterocycles. The van der Waals surface area contributed by atoms with E-state index in [1.807, 2.05) is 0 Å². The molecule has 3 N–H and O–H groups in total. The molecule has 2 aromatic rings. The van der Waals surface area contributed by atoms with E-state index in [0.717, 1.165) is 0 Å². The van der Waals surface area contributed by atoms with E-state index >= 15 is 0 Å². The van der Waals surface area contributed by atoms with Gasteiger partial charge in [-0.15, -0.1) is 0 Å². The Morgan fingerprint density at radius 1 is 1.13 bits per heavy atom. The van der Waals surface area contributed by atoms with Gasteiger partial charge in [-0.3, -0.25) is 15.2 Å². The van der Waals surface area contributed by atoms with Crippen LogP contribution in [0.1, 0.15) is 41.3 Å². The molecule has 3 atom stereocenters. The number of amides is 2. The lowest BCUT2D eigenvalue weighted by Gasteiger charge is -2.42. The number of carbonyl (C=O) groups is 1. The number of nitrogens with two attached hydrogens (primary N) is 1. The van der Waals surface area contributed by atoms with Crippen molar-refractivity contribution < 1.29 is 45.0 Å². The number of rotatable bonds is 6. The molecule has 14 heteroatoms. The molecule has 0 spiro atoms. The number of amidine groups is 1. The first-order valence-electron chi connectivity index (χ1n) is 11.3. The van der Waals surface area contributed by atoms with Gasteiger partial charge in [0.05, 0.1) is 36.4 Å². The van der Waals surface area contributed by atoms with Crippen LogP contribution in [0.25, 0.3) is 0 Å². The highest BCUT2D eigenvalue weighted by molar-refractivity contribution is 5.97. The lowest BCUT2D eigenvalue weighted by atomic mass is 10.0. The highest BCUT2D eigenvalue weighted by atomic mass is 19.4. The van der Waals surface area contributed by atoms with Gasteiger partial charge in [-0.05, 0) is 48.4 Å². The number of benzene rings is 2. The first kappa shape index (κ1) is 29.3. The molecule has 1 aliphatic heterocycles. The van der Waals surface area contributed by atoms with E-state index in [1.165, 1.54) is 38.2 Å². The molecule has 3 unspecified atom stereocenters. The molecule has 0 radical (unpaired) electrons. The summed E-state index contributed by atoms with van der Waals surface area (Å²) >= 11 is 0. The Balaban J connectivity index is 1.96. The zero-order valence-corrected chi connectivity index (χ0v) is 20.2. The highest BCUT2D eigenvalue weighted by Gasteiger charge is 2.39. The molecule has 0 aliphatic carbocycles. The molecule has 38 heavy (non-hydrogen) atoms. The number of alkyl halides is 6. The zero-order chi connectivity index (χ0) is 28.3. The maximum Gasteiger partial charge on any atom is 0.416 e. The number of ether oxygens (including phenoxy) is 2. The molecule has 1 saturated heterocycles. The molecule has 208 valence electrons. The predicted octanol–water partition coefficient (Wildman–Crippen LogP) is 5.04. The number of aliphatic imine (C=N–C) groups is 1. The molecule has 7 nitrogen and oxygen atoms in total. The SMILES string of the molecule is CN=C(CN1CCOC(OC(C)c2cc(C(F)(F)F)cc(C(F)(F)F)c2)C1c1ccc(F)cc1)NC(N)=O. The minimum Gasteiger partial charge on any atom is -0.351 e. The summed E-state index contributed by atoms with van der Waals surface area (Å²) in [7, 11) is 1.42. The van der Waals surface area contributed by atoms with Crippen molar-refractivity contribution in [2.45, 2.75) is 37.7 Å². The number of carbonyl (C=O) groups excluding carboxylic acids is 1. The van der Waals surface area contributed by atoms with Crippen LogP contribution in [0.2, 0.25) is 0 Å². The van der Waals surface area contributed by atoms with Crippen LogP contribution in [0.5, 0.6) is 0 Å². The van der Waals surface area contributed by atoms with Crippen molar-refractivity contribution in [3.8, 4) is 0 Å². The predicted molar refractivity (Wildman–Crippen MR) is 122 cm³/mol. The summed E-state index contributed by atoms with van der Waals surface area (Å²) in [5.41, 5.74) is 2.36. The van der Waals surface area contributed by atoms with E-state index in [2.05, 4.69) is 10.3 Å². The monoisotopic (exact) mass is 550 g/mol. The molecule has 2 amide bonds. The van der Waals surface area contributed by atoms with Crippen LogP contribution >= 0.6 is 0 Å². The Morgan fingerprint density at radius 3 is 2.21 bits per heavy atom. The van der Waals surface area contributed by atoms with Gasteiger partial charge in [-0.2, -0.15) is 26.3 Å². The van der Waals surface area contributed by atoms with Crippen molar-refractivity contribution in [3.05, 3.63) is 70.5 Å². The quantitative estimate of drug-likeness (QED) is 0.300. The van der Waals surface area contributed by atoms with Crippen molar-refractivity contribution in [1.29, 1.82) is 0 Å². The standard InChI is InChI=1S/C24H25F7N4O3/c1-13(15-9-16(23(26,27)28)11-17(10-15)24(29,30)31)38-21-20(14-3-5-18(25)6-4-14)35(7-8-37-21)12-19(33-2)34-22(32)36/h3-6,9-11,13,20-21H,7-8,12H2,1-2H3,(H3,32,33,34,36). The number of halogens is 7. The Bertz CT molecular complexity index is 1120. The van der Waals surface area contributed by atoms with E-state index in [-0.39, 0.29) is 37.2 Å². The maximum absolute atomic E-state index is 13.6. The van der Waals surface area contributed by atoms with Gasteiger partial charge in [0.25, 0.3) is 0 Å².